The fraction of sp³-hybridized carbons (Fsp3) is 0.500. The Balaban J connectivity index is 2.81. The first kappa shape index (κ1) is 16.3. The van der Waals surface area contributed by atoms with Crippen LogP contribution >= 0.6 is 23.2 Å². The molecule has 3 nitrogen and oxygen atoms in total. The molecule has 5 heteroatoms. The van der Waals surface area contributed by atoms with E-state index in [1.807, 2.05) is 26.8 Å². The maximum Gasteiger partial charge on any atom is 0.320 e. The van der Waals surface area contributed by atoms with Crippen LogP contribution in [0.25, 0.3) is 0 Å². The Hall–Kier alpha value is -0.770. The number of aliphatic carboxylic acids is 1. The van der Waals surface area contributed by atoms with Crippen molar-refractivity contribution in [3.05, 3.63) is 33.8 Å². The van der Waals surface area contributed by atoms with Gasteiger partial charge in [-0.05, 0) is 37.0 Å². The molecule has 0 spiro atoms. The molecule has 1 aromatic carbocycles. The summed E-state index contributed by atoms with van der Waals surface area (Å²) in [5.41, 5.74) is 0.848. The fourth-order valence-corrected chi connectivity index (χ4v) is 2.53. The first-order valence-corrected chi connectivity index (χ1v) is 7.00. The van der Waals surface area contributed by atoms with Gasteiger partial charge in [0.05, 0.1) is 0 Å². The third kappa shape index (κ3) is 5.01. The van der Waals surface area contributed by atoms with Crippen LogP contribution in [0.5, 0.6) is 0 Å². The molecule has 0 heterocycles. The molecule has 0 fully saturated rings. The van der Waals surface area contributed by atoms with Gasteiger partial charge in [-0.1, -0.05) is 43.1 Å². The molecule has 0 saturated carbocycles. The highest BCUT2D eigenvalue weighted by Crippen LogP contribution is 2.26. The van der Waals surface area contributed by atoms with Crippen molar-refractivity contribution in [1.29, 1.82) is 0 Å². The minimum Gasteiger partial charge on any atom is -0.480 e. The van der Waals surface area contributed by atoms with Crippen molar-refractivity contribution in [3.8, 4) is 0 Å². The number of hydrogen-bond acceptors (Lipinski definition) is 2. The summed E-state index contributed by atoms with van der Waals surface area (Å²) in [6.07, 6.45) is 0.574. The van der Waals surface area contributed by atoms with Crippen LogP contribution in [0.15, 0.2) is 18.2 Å². The van der Waals surface area contributed by atoms with E-state index in [2.05, 4.69) is 5.32 Å². The van der Waals surface area contributed by atoms with Crippen LogP contribution in [0.2, 0.25) is 10.0 Å². The van der Waals surface area contributed by atoms with E-state index >= 15 is 0 Å². The van der Waals surface area contributed by atoms with Crippen molar-refractivity contribution in [3.63, 3.8) is 0 Å². The Morgan fingerprint density at radius 3 is 2.42 bits per heavy atom. The summed E-state index contributed by atoms with van der Waals surface area (Å²) in [6, 6.07) is 4.50. The van der Waals surface area contributed by atoms with E-state index in [-0.39, 0.29) is 6.04 Å². The average Bonchev–Trinajstić information content (AvgIpc) is 2.26. The largest absolute Gasteiger partial charge is 0.480 e. The molecule has 19 heavy (non-hydrogen) atoms. The highest BCUT2D eigenvalue weighted by molar-refractivity contribution is 6.35. The van der Waals surface area contributed by atoms with Crippen LogP contribution in [0, 0.1) is 5.92 Å². The van der Waals surface area contributed by atoms with Gasteiger partial charge in [-0.25, -0.2) is 0 Å². The van der Waals surface area contributed by atoms with E-state index in [4.69, 9.17) is 23.2 Å². The van der Waals surface area contributed by atoms with E-state index < -0.39 is 12.0 Å². The molecule has 2 N–H and O–H groups in total. The maximum absolute atomic E-state index is 11.2. The Morgan fingerprint density at radius 1 is 1.32 bits per heavy atom. The van der Waals surface area contributed by atoms with Crippen LogP contribution in [0.1, 0.15) is 38.8 Å². The van der Waals surface area contributed by atoms with Crippen molar-refractivity contribution in [2.75, 3.05) is 0 Å². The van der Waals surface area contributed by atoms with Crippen LogP contribution in [0.4, 0.5) is 0 Å². The lowest BCUT2D eigenvalue weighted by molar-refractivity contribution is -0.140. The van der Waals surface area contributed by atoms with E-state index in [1.54, 1.807) is 12.1 Å². The Morgan fingerprint density at radius 2 is 1.95 bits per heavy atom. The summed E-state index contributed by atoms with van der Waals surface area (Å²) in [7, 11) is 0. The summed E-state index contributed by atoms with van der Waals surface area (Å²) >= 11 is 12.0. The molecule has 1 aromatic rings. The number of carboxylic acids is 1. The molecule has 0 aliphatic heterocycles. The molecule has 0 saturated heterocycles. The van der Waals surface area contributed by atoms with Crippen molar-refractivity contribution in [2.45, 2.75) is 39.3 Å². The number of halogens is 2. The molecule has 0 bridgehead atoms. The van der Waals surface area contributed by atoms with Crippen LogP contribution < -0.4 is 5.32 Å². The van der Waals surface area contributed by atoms with E-state index in [9.17, 15) is 9.90 Å². The number of hydrogen-bond donors (Lipinski definition) is 2. The van der Waals surface area contributed by atoms with E-state index in [0.717, 1.165) is 5.56 Å². The van der Waals surface area contributed by atoms with Crippen molar-refractivity contribution in [2.24, 2.45) is 5.92 Å². The summed E-state index contributed by atoms with van der Waals surface area (Å²) in [6.45, 7) is 5.89. The van der Waals surface area contributed by atoms with E-state index in [0.29, 0.717) is 22.4 Å². The molecule has 0 amide bonds. The average molecular weight is 304 g/mol. The molecular formula is C14H19Cl2NO2. The number of rotatable bonds is 6. The van der Waals surface area contributed by atoms with Crippen molar-refractivity contribution < 1.29 is 9.90 Å². The summed E-state index contributed by atoms with van der Waals surface area (Å²) in [5.74, 6) is -0.535. The van der Waals surface area contributed by atoms with Gasteiger partial charge in [0.1, 0.15) is 6.04 Å². The van der Waals surface area contributed by atoms with Gasteiger partial charge in [0, 0.05) is 16.1 Å². The lowest BCUT2D eigenvalue weighted by Gasteiger charge is -2.22. The third-order valence-electron chi connectivity index (χ3n) is 2.89. The number of carbonyl (C=O) groups is 1. The maximum atomic E-state index is 11.2. The quantitative estimate of drug-likeness (QED) is 0.830. The van der Waals surface area contributed by atoms with Crippen molar-refractivity contribution in [1.82, 2.24) is 5.32 Å². The molecular weight excluding hydrogens is 285 g/mol. The van der Waals surface area contributed by atoms with Crippen LogP contribution in [-0.2, 0) is 4.79 Å². The van der Waals surface area contributed by atoms with Crippen LogP contribution in [0.3, 0.4) is 0 Å². The zero-order valence-electron chi connectivity index (χ0n) is 11.3. The summed E-state index contributed by atoms with van der Waals surface area (Å²) in [4.78, 5) is 11.2. The summed E-state index contributed by atoms with van der Waals surface area (Å²) < 4.78 is 0. The Kier molecular flexibility index (Phi) is 6.11. The van der Waals surface area contributed by atoms with Gasteiger partial charge in [-0.2, -0.15) is 0 Å². The van der Waals surface area contributed by atoms with Gasteiger partial charge >= 0.3 is 5.97 Å². The van der Waals surface area contributed by atoms with Gasteiger partial charge < -0.3 is 5.11 Å². The van der Waals surface area contributed by atoms with Gasteiger partial charge in [0.2, 0.25) is 0 Å². The Bertz CT molecular complexity index is 449. The van der Waals surface area contributed by atoms with Crippen molar-refractivity contribution >= 4 is 29.2 Å². The molecule has 0 aliphatic rings. The van der Waals surface area contributed by atoms with E-state index in [1.165, 1.54) is 0 Å². The molecule has 2 unspecified atom stereocenters. The Labute approximate surface area is 123 Å². The van der Waals surface area contributed by atoms with Gasteiger partial charge in [0.25, 0.3) is 0 Å². The summed E-state index contributed by atoms with van der Waals surface area (Å²) in [5, 5.41) is 13.4. The zero-order chi connectivity index (χ0) is 14.6. The second-order valence-corrected chi connectivity index (χ2v) is 5.92. The topological polar surface area (TPSA) is 49.3 Å². The number of carboxylic acid groups (broad SMARTS) is 1. The second-order valence-electron chi connectivity index (χ2n) is 5.07. The molecule has 0 radical (unpaired) electrons. The first-order chi connectivity index (χ1) is 8.81. The SMILES string of the molecule is CC(C)CC(NC(C)c1ccc(Cl)cc1Cl)C(=O)O. The highest BCUT2D eigenvalue weighted by Gasteiger charge is 2.22. The second kappa shape index (κ2) is 7.13. The minimum atomic E-state index is -0.842. The lowest BCUT2D eigenvalue weighted by Crippen LogP contribution is -2.39. The predicted molar refractivity (Wildman–Crippen MR) is 78.9 cm³/mol. The third-order valence-corrected chi connectivity index (χ3v) is 3.45. The first-order valence-electron chi connectivity index (χ1n) is 6.25. The molecule has 0 aliphatic carbocycles. The number of nitrogens with one attached hydrogen (secondary N) is 1. The smallest absolute Gasteiger partial charge is 0.320 e. The number of benzene rings is 1. The van der Waals surface area contributed by atoms with Crippen LogP contribution in [-0.4, -0.2) is 17.1 Å². The normalized spacial score (nSPS) is 14.4. The fourth-order valence-electron chi connectivity index (χ4n) is 1.96. The van der Waals surface area contributed by atoms with Gasteiger partial charge in [-0.3, -0.25) is 10.1 Å². The monoisotopic (exact) mass is 303 g/mol. The zero-order valence-corrected chi connectivity index (χ0v) is 12.8. The standard InChI is InChI=1S/C14H19Cl2NO2/c1-8(2)6-13(14(18)19)17-9(3)11-5-4-10(15)7-12(11)16/h4-5,7-9,13,17H,6H2,1-3H3,(H,18,19). The predicted octanol–water partition coefficient (Wildman–Crippen LogP) is 4.14. The molecule has 106 valence electrons. The lowest BCUT2D eigenvalue weighted by atomic mass is 10.0. The van der Waals surface area contributed by atoms with Gasteiger partial charge in [0.15, 0.2) is 0 Å². The molecule has 2 atom stereocenters. The minimum absolute atomic E-state index is 0.149. The molecule has 0 aromatic heterocycles. The molecule has 1 rings (SSSR count). The van der Waals surface area contributed by atoms with Gasteiger partial charge in [-0.15, -0.1) is 0 Å². The highest BCUT2D eigenvalue weighted by atomic mass is 35.5.